The van der Waals surface area contributed by atoms with E-state index in [1.54, 1.807) is 12.3 Å². The number of hydrogen-bond acceptors (Lipinski definition) is 3. The van der Waals surface area contributed by atoms with Crippen LogP contribution in [0.4, 0.5) is 11.5 Å². The predicted molar refractivity (Wildman–Crippen MR) is 56.6 cm³/mol. The number of nitrogens with zero attached hydrogens (tertiary/aromatic N) is 1. The van der Waals surface area contributed by atoms with E-state index in [2.05, 4.69) is 23.8 Å². The molecular formula is C10H15N3. The zero-order valence-corrected chi connectivity index (χ0v) is 7.88. The number of aromatic nitrogens is 1. The lowest BCUT2D eigenvalue weighted by molar-refractivity contribution is 1.05. The number of nitrogen functional groups attached to an aromatic ring is 1. The van der Waals surface area contributed by atoms with E-state index in [0.29, 0.717) is 5.82 Å². The zero-order valence-electron chi connectivity index (χ0n) is 7.88. The Kier molecular flexibility index (Phi) is 3.31. The molecule has 13 heavy (non-hydrogen) atoms. The molecule has 0 bridgehead atoms. The number of anilines is 2. The highest BCUT2D eigenvalue weighted by molar-refractivity contribution is 5.45. The minimum absolute atomic E-state index is 0.542. The fraction of sp³-hybridized carbons (Fsp3) is 0.300. The van der Waals surface area contributed by atoms with Crippen molar-refractivity contribution in [2.75, 3.05) is 17.6 Å². The first kappa shape index (κ1) is 9.58. The van der Waals surface area contributed by atoms with Crippen LogP contribution < -0.4 is 11.1 Å². The third-order valence-electron chi connectivity index (χ3n) is 1.83. The van der Waals surface area contributed by atoms with E-state index in [-0.39, 0.29) is 0 Å². The summed E-state index contributed by atoms with van der Waals surface area (Å²) in [4.78, 5) is 3.97. The van der Waals surface area contributed by atoms with Crippen molar-refractivity contribution in [2.24, 2.45) is 0 Å². The van der Waals surface area contributed by atoms with E-state index < -0.39 is 0 Å². The summed E-state index contributed by atoms with van der Waals surface area (Å²) in [7, 11) is 0. The largest absolute Gasteiger partial charge is 0.384 e. The topological polar surface area (TPSA) is 50.9 Å². The molecule has 0 amide bonds. The molecule has 0 aliphatic carbocycles. The number of rotatable bonds is 4. The Bertz CT molecular complexity index is 277. The van der Waals surface area contributed by atoms with Gasteiger partial charge in [0.25, 0.3) is 0 Å². The van der Waals surface area contributed by atoms with Crippen LogP contribution in [-0.4, -0.2) is 11.5 Å². The normalized spacial score (nSPS) is 9.62. The van der Waals surface area contributed by atoms with Crippen molar-refractivity contribution >= 4 is 11.5 Å². The summed E-state index contributed by atoms with van der Waals surface area (Å²) in [5, 5.41) is 3.20. The maximum Gasteiger partial charge on any atom is 0.123 e. The molecule has 0 aromatic carbocycles. The highest BCUT2D eigenvalue weighted by Crippen LogP contribution is 2.07. The second-order valence-electron chi connectivity index (χ2n) is 2.93. The van der Waals surface area contributed by atoms with Crippen LogP contribution >= 0.6 is 0 Å². The highest BCUT2D eigenvalue weighted by Gasteiger charge is 1.93. The lowest BCUT2D eigenvalue weighted by Crippen LogP contribution is -2.03. The standard InChI is InChI=1S/C10H15N3/c1-3-8(2)6-12-9-4-5-10(11)13-7-9/h4-5,7,12H,2-3,6H2,1H3,(H2,11,13). The molecule has 0 radical (unpaired) electrons. The molecule has 0 atom stereocenters. The first-order valence-electron chi connectivity index (χ1n) is 4.34. The molecule has 1 rings (SSSR count). The number of hydrogen-bond donors (Lipinski definition) is 2. The fourth-order valence-electron chi connectivity index (χ4n) is 0.862. The van der Waals surface area contributed by atoms with E-state index in [9.17, 15) is 0 Å². The van der Waals surface area contributed by atoms with Gasteiger partial charge < -0.3 is 11.1 Å². The predicted octanol–water partition coefficient (Wildman–Crippen LogP) is 2.04. The van der Waals surface area contributed by atoms with Crippen molar-refractivity contribution < 1.29 is 0 Å². The van der Waals surface area contributed by atoms with Crippen molar-refractivity contribution in [1.29, 1.82) is 0 Å². The van der Waals surface area contributed by atoms with Crippen LogP contribution in [0.5, 0.6) is 0 Å². The van der Waals surface area contributed by atoms with Crippen LogP contribution in [0.15, 0.2) is 30.5 Å². The van der Waals surface area contributed by atoms with E-state index in [1.165, 1.54) is 5.57 Å². The molecule has 0 unspecified atom stereocenters. The first-order chi connectivity index (χ1) is 6.22. The van der Waals surface area contributed by atoms with E-state index in [4.69, 9.17) is 5.73 Å². The SMILES string of the molecule is C=C(CC)CNc1ccc(N)nc1. The van der Waals surface area contributed by atoms with Crippen molar-refractivity contribution in [1.82, 2.24) is 4.98 Å². The van der Waals surface area contributed by atoms with E-state index >= 15 is 0 Å². The number of pyridine rings is 1. The Balaban J connectivity index is 2.46. The van der Waals surface area contributed by atoms with Gasteiger partial charge in [-0.25, -0.2) is 4.98 Å². The summed E-state index contributed by atoms with van der Waals surface area (Å²) in [6.45, 7) is 6.78. The molecule has 0 aliphatic rings. The van der Waals surface area contributed by atoms with Gasteiger partial charge in [0, 0.05) is 6.54 Å². The average molecular weight is 177 g/mol. The van der Waals surface area contributed by atoms with Gasteiger partial charge in [0.15, 0.2) is 0 Å². The lowest BCUT2D eigenvalue weighted by Gasteiger charge is -2.06. The molecule has 3 N–H and O–H groups in total. The molecule has 0 saturated heterocycles. The summed E-state index contributed by atoms with van der Waals surface area (Å²) in [6.07, 6.45) is 2.72. The summed E-state index contributed by atoms with van der Waals surface area (Å²) < 4.78 is 0. The highest BCUT2D eigenvalue weighted by atomic mass is 14.9. The van der Waals surface area contributed by atoms with Crippen LogP contribution in [0.1, 0.15) is 13.3 Å². The molecule has 3 heteroatoms. The molecular weight excluding hydrogens is 162 g/mol. The van der Waals surface area contributed by atoms with Crippen LogP contribution in [0, 0.1) is 0 Å². The average Bonchev–Trinajstić information content (AvgIpc) is 2.16. The second kappa shape index (κ2) is 4.50. The quantitative estimate of drug-likeness (QED) is 0.692. The van der Waals surface area contributed by atoms with Crippen molar-refractivity contribution in [3.8, 4) is 0 Å². The minimum atomic E-state index is 0.542. The van der Waals surface area contributed by atoms with Gasteiger partial charge >= 0.3 is 0 Å². The van der Waals surface area contributed by atoms with Gasteiger partial charge in [-0.2, -0.15) is 0 Å². The maximum atomic E-state index is 5.45. The minimum Gasteiger partial charge on any atom is -0.384 e. The molecule has 1 aromatic rings. The number of nitrogens with one attached hydrogen (secondary N) is 1. The van der Waals surface area contributed by atoms with Crippen LogP contribution in [0.3, 0.4) is 0 Å². The second-order valence-corrected chi connectivity index (χ2v) is 2.93. The molecule has 0 saturated carbocycles. The van der Waals surface area contributed by atoms with E-state index in [1.807, 2.05) is 6.07 Å². The summed E-state index contributed by atoms with van der Waals surface area (Å²) in [6, 6.07) is 3.68. The van der Waals surface area contributed by atoms with Gasteiger partial charge in [0.1, 0.15) is 5.82 Å². The van der Waals surface area contributed by atoms with Crippen molar-refractivity contribution in [3.63, 3.8) is 0 Å². The molecule has 0 spiro atoms. The molecule has 70 valence electrons. The van der Waals surface area contributed by atoms with Gasteiger partial charge in [0.05, 0.1) is 11.9 Å². The van der Waals surface area contributed by atoms with Crippen LogP contribution in [0.2, 0.25) is 0 Å². The van der Waals surface area contributed by atoms with Gasteiger partial charge in [0.2, 0.25) is 0 Å². The summed E-state index contributed by atoms with van der Waals surface area (Å²) in [5.74, 6) is 0.542. The van der Waals surface area contributed by atoms with Gasteiger partial charge in [-0.15, -0.1) is 0 Å². The van der Waals surface area contributed by atoms with Gasteiger partial charge in [-0.1, -0.05) is 19.1 Å². The Labute approximate surface area is 78.7 Å². The van der Waals surface area contributed by atoms with Crippen LogP contribution in [0.25, 0.3) is 0 Å². The Morgan fingerprint density at radius 1 is 1.62 bits per heavy atom. The molecule has 1 heterocycles. The first-order valence-corrected chi connectivity index (χ1v) is 4.34. The van der Waals surface area contributed by atoms with Crippen molar-refractivity contribution in [3.05, 3.63) is 30.5 Å². The Morgan fingerprint density at radius 3 is 2.92 bits per heavy atom. The molecule has 0 aliphatic heterocycles. The fourth-order valence-corrected chi connectivity index (χ4v) is 0.862. The maximum absolute atomic E-state index is 5.45. The third kappa shape index (κ3) is 3.15. The van der Waals surface area contributed by atoms with Crippen molar-refractivity contribution in [2.45, 2.75) is 13.3 Å². The molecule has 0 fully saturated rings. The third-order valence-corrected chi connectivity index (χ3v) is 1.83. The molecule has 3 nitrogen and oxygen atoms in total. The lowest BCUT2D eigenvalue weighted by atomic mass is 10.2. The van der Waals surface area contributed by atoms with Gasteiger partial charge in [-0.05, 0) is 18.6 Å². The zero-order chi connectivity index (χ0) is 9.68. The Hall–Kier alpha value is -1.51. The van der Waals surface area contributed by atoms with E-state index in [0.717, 1.165) is 18.7 Å². The summed E-state index contributed by atoms with van der Waals surface area (Å²) >= 11 is 0. The smallest absolute Gasteiger partial charge is 0.123 e. The number of nitrogens with two attached hydrogens (primary N) is 1. The molecule has 1 aromatic heterocycles. The van der Waals surface area contributed by atoms with Crippen LogP contribution in [-0.2, 0) is 0 Å². The summed E-state index contributed by atoms with van der Waals surface area (Å²) in [5.41, 5.74) is 7.61. The monoisotopic (exact) mass is 177 g/mol. The Morgan fingerprint density at radius 2 is 2.38 bits per heavy atom. The van der Waals surface area contributed by atoms with Gasteiger partial charge in [-0.3, -0.25) is 0 Å².